The van der Waals surface area contributed by atoms with E-state index >= 15 is 0 Å². The van der Waals surface area contributed by atoms with E-state index in [1.54, 1.807) is 17.3 Å². The van der Waals surface area contributed by atoms with E-state index in [0.717, 1.165) is 48.4 Å². The van der Waals surface area contributed by atoms with E-state index in [4.69, 9.17) is 9.84 Å². The summed E-state index contributed by atoms with van der Waals surface area (Å²) in [6.07, 6.45) is 5.87. The van der Waals surface area contributed by atoms with E-state index in [2.05, 4.69) is 30.4 Å². The molecule has 10 heteroatoms. The summed E-state index contributed by atoms with van der Waals surface area (Å²) in [6.45, 7) is 4.09. The molecule has 30 heavy (non-hydrogen) atoms. The first-order valence-electron chi connectivity index (χ1n) is 9.97. The highest BCUT2D eigenvalue weighted by atomic mass is 16.5. The van der Waals surface area contributed by atoms with E-state index in [1.807, 2.05) is 18.2 Å². The quantitative estimate of drug-likeness (QED) is 0.470. The van der Waals surface area contributed by atoms with Gasteiger partial charge in [-0.3, -0.25) is 14.8 Å². The maximum atomic E-state index is 11.5. The molecule has 3 aromatic rings. The molecular weight excluding hydrogens is 386 g/mol. The standard InChI is InChI=1S/C20H25N7O3/c28-13-19(29)27-7-5-26(6-8-27)4-1-9-30-16-2-3-17-18(10-16)21-14-22-20(17)25-15-11-23-24-12-15/h2-3,10-12,14,28H,1,4-9,13H2,(H,23,24)(H,21,22,25). The van der Waals surface area contributed by atoms with E-state index < -0.39 is 6.61 Å². The van der Waals surface area contributed by atoms with Gasteiger partial charge in [0.2, 0.25) is 5.91 Å². The highest BCUT2D eigenvalue weighted by Gasteiger charge is 2.19. The summed E-state index contributed by atoms with van der Waals surface area (Å²) in [5.74, 6) is 1.29. The van der Waals surface area contributed by atoms with Gasteiger partial charge in [0.15, 0.2) is 0 Å². The molecule has 1 aliphatic heterocycles. The molecule has 158 valence electrons. The number of nitrogens with one attached hydrogen (secondary N) is 2. The van der Waals surface area contributed by atoms with E-state index in [0.29, 0.717) is 25.5 Å². The fourth-order valence-corrected chi connectivity index (χ4v) is 3.48. The third-order valence-electron chi connectivity index (χ3n) is 5.12. The summed E-state index contributed by atoms with van der Waals surface area (Å²) < 4.78 is 5.91. The Labute approximate surface area is 173 Å². The third kappa shape index (κ3) is 4.84. The number of fused-ring (bicyclic) bond motifs is 1. The average molecular weight is 411 g/mol. The Kier molecular flexibility index (Phi) is 6.35. The monoisotopic (exact) mass is 411 g/mol. The third-order valence-corrected chi connectivity index (χ3v) is 5.12. The number of rotatable bonds is 8. The topological polar surface area (TPSA) is 120 Å². The van der Waals surface area contributed by atoms with Crippen molar-refractivity contribution in [1.82, 2.24) is 30.0 Å². The minimum atomic E-state index is -0.411. The molecule has 0 radical (unpaired) electrons. The number of nitrogens with zero attached hydrogens (tertiary/aromatic N) is 5. The number of carbonyl (C=O) groups is 1. The van der Waals surface area contributed by atoms with Gasteiger partial charge in [-0.2, -0.15) is 5.10 Å². The molecule has 3 heterocycles. The Morgan fingerprint density at radius 2 is 2.10 bits per heavy atom. The fourth-order valence-electron chi connectivity index (χ4n) is 3.48. The van der Waals surface area contributed by atoms with Gasteiger partial charge in [-0.05, 0) is 18.6 Å². The second-order valence-corrected chi connectivity index (χ2v) is 7.10. The molecule has 3 N–H and O–H groups in total. The van der Waals surface area contributed by atoms with Crippen LogP contribution in [0.15, 0.2) is 36.9 Å². The zero-order valence-corrected chi connectivity index (χ0v) is 16.6. The number of aromatic amines is 1. The minimum absolute atomic E-state index is 0.193. The molecule has 0 atom stereocenters. The number of hydrogen-bond acceptors (Lipinski definition) is 8. The average Bonchev–Trinajstić information content (AvgIpc) is 3.30. The molecule has 0 unspecified atom stereocenters. The highest BCUT2D eigenvalue weighted by Crippen LogP contribution is 2.25. The number of piperazine rings is 1. The summed E-state index contributed by atoms with van der Waals surface area (Å²) in [5, 5.41) is 19.7. The van der Waals surface area contributed by atoms with E-state index in [9.17, 15) is 4.79 Å². The second-order valence-electron chi connectivity index (χ2n) is 7.10. The molecule has 0 spiro atoms. The van der Waals surface area contributed by atoms with Crippen LogP contribution in [-0.2, 0) is 4.79 Å². The van der Waals surface area contributed by atoms with Gasteiger partial charge in [0.25, 0.3) is 0 Å². The Morgan fingerprint density at radius 1 is 1.23 bits per heavy atom. The van der Waals surface area contributed by atoms with E-state index in [1.165, 1.54) is 6.33 Å². The van der Waals surface area contributed by atoms with Crippen LogP contribution in [0.3, 0.4) is 0 Å². The largest absolute Gasteiger partial charge is 0.493 e. The smallest absolute Gasteiger partial charge is 0.248 e. The first kappa shape index (κ1) is 20.0. The van der Waals surface area contributed by atoms with Crippen LogP contribution in [-0.4, -0.2) is 86.9 Å². The van der Waals surface area contributed by atoms with Crippen LogP contribution in [0.25, 0.3) is 10.9 Å². The molecule has 1 amide bonds. The van der Waals surface area contributed by atoms with Crippen LogP contribution in [0.4, 0.5) is 11.5 Å². The molecule has 1 aromatic carbocycles. The SMILES string of the molecule is O=C(CO)N1CCN(CCCOc2ccc3c(Nc4cn[nH]c4)ncnc3c2)CC1. The zero-order valence-electron chi connectivity index (χ0n) is 16.6. The number of aliphatic hydroxyl groups excluding tert-OH is 1. The lowest BCUT2D eigenvalue weighted by Crippen LogP contribution is -2.49. The van der Waals surface area contributed by atoms with Crippen molar-refractivity contribution in [2.24, 2.45) is 0 Å². The summed E-state index contributed by atoms with van der Waals surface area (Å²) >= 11 is 0. The Morgan fingerprint density at radius 3 is 2.87 bits per heavy atom. The van der Waals surface area contributed by atoms with Gasteiger partial charge in [0.1, 0.15) is 24.5 Å². The minimum Gasteiger partial charge on any atom is -0.493 e. The van der Waals surface area contributed by atoms with Gasteiger partial charge in [0.05, 0.1) is 24.0 Å². The van der Waals surface area contributed by atoms with Gasteiger partial charge in [-0.15, -0.1) is 0 Å². The lowest BCUT2D eigenvalue weighted by Gasteiger charge is -2.34. The van der Waals surface area contributed by atoms with Crippen LogP contribution in [0.2, 0.25) is 0 Å². The second kappa shape index (κ2) is 9.51. The van der Waals surface area contributed by atoms with Crippen molar-refractivity contribution < 1.29 is 14.6 Å². The molecule has 1 aliphatic rings. The number of hydrogen-bond donors (Lipinski definition) is 3. The Hall–Kier alpha value is -3.24. The number of benzene rings is 1. The Balaban J connectivity index is 1.26. The molecular formula is C20H25N7O3. The first-order chi connectivity index (χ1) is 14.7. The first-order valence-corrected chi connectivity index (χ1v) is 9.97. The van der Waals surface area contributed by atoms with Crippen molar-refractivity contribution in [3.8, 4) is 5.75 Å². The predicted molar refractivity (Wildman–Crippen MR) is 112 cm³/mol. The molecule has 0 saturated carbocycles. The van der Waals surface area contributed by atoms with Gasteiger partial charge in [0, 0.05) is 50.4 Å². The zero-order chi connectivity index (χ0) is 20.8. The Bertz CT molecular complexity index is 972. The van der Waals surface area contributed by atoms with Crippen molar-refractivity contribution >= 4 is 28.3 Å². The van der Waals surface area contributed by atoms with Gasteiger partial charge in [-0.1, -0.05) is 0 Å². The molecule has 0 bridgehead atoms. The van der Waals surface area contributed by atoms with Crippen molar-refractivity contribution in [3.63, 3.8) is 0 Å². The molecule has 2 aromatic heterocycles. The van der Waals surface area contributed by atoms with Gasteiger partial charge in [-0.25, -0.2) is 9.97 Å². The van der Waals surface area contributed by atoms with Crippen LogP contribution in [0.1, 0.15) is 6.42 Å². The number of aromatic nitrogens is 4. The normalized spacial score (nSPS) is 14.8. The molecule has 0 aliphatic carbocycles. The van der Waals surface area contributed by atoms with Crippen LogP contribution < -0.4 is 10.1 Å². The van der Waals surface area contributed by atoms with Crippen LogP contribution in [0, 0.1) is 0 Å². The van der Waals surface area contributed by atoms with Crippen LogP contribution >= 0.6 is 0 Å². The van der Waals surface area contributed by atoms with E-state index in [-0.39, 0.29) is 5.91 Å². The summed E-state index contributed by atoms with van der Waals surface area (Å²) in [4.78, 5) is 24.2. The number of anilines is 2. The summed E-state index contributed by atoms with van der Waals surface area (Å²) in [6, 6.07) is 5.78. The van der Waals surface area contributed by atoms with Crippen molar-refractivity contribution in [3.05, 3.63) is 36.9 Å². The van der Waals surface area contributed by atoms with Crippen molar-refractivity contribution in [2.45, 2.75) is 6.42 Å². The fraction of sp³-hybridized carbons (Fsp3) is 0.400. The number of carbonyl (C=O) groups excluding carboxylic acids is 1. The van der Waals surface area contributed by atoms with Crippen molar-refractivity contribution in [2.75, 3.05) is 51.3 Å². The lowest BCUT2D eigenvalue weighted by atomic mass is 10.2. The number of H-pyrrole nitrogens is 1. The maximum absolute atomic E-state index is 11.5. The lowest BCUT2D eigenvalue weighted by molar-refractivity contribution is -0.135. The maximum Gasteiger partial charge on any atom is 0.248 e. The highest BCUT2D eigenvalue weighted by molar-refractivity contribution is 5.91. The molecule has 10 nitrogen and oxygen atoms in total. The summed E-state index contributed by atoms with van der Waals surface area (Å²) in [5.41, 5.74) is 1.63. The molecule has 4 rings (SSSR count). The number of ether oxygens (including phenoxy) is 1. The predicted octanol–water partition coefficient (Wildman–Crippen LogP) is 1.00. The number of amides is 1. The molecule has 1 fully saturated rings. The summed E-state index contributed by atoms with van der Waals surface area (Å²) in [7, 11) is 0. The number of aliphatic hydroxyl groups is 1. The van der Waals surface area contributed by atoms with Gasteiger partial charge >= 0.3 is 0 Å². The molecule has 1 saturated heterocycles. The van der Waals surface area contributed by atoms with Gasteiger partial charge < -0.3 is 20.1 Å². The van der Waals surface area contributed by atoms with Crippen molar-refractivity contribution in [1.29, 1.82) is 0 Å². The van der Waals surface area contributed by atoms with Crippen LogP contribution in [0.5, 0.6) is 5.75 Å².